The number of aromatic nitrogens is 2. The zero-order valence-electron chi connectivity index (χ0n) is 25.0. The van der Waals surface area contributed by atoms with E-state index in [2.05, 4.69) is 22.7 Å². The largest absolute Gasteiger partial charge is 0.533 e. The second kappa shape index (κ2) is 16.4. The molecule has 0 aliphatic heterocycles. The molecule has 0 spiro atoms. The molecule has 1 heterocycles. The van der Waals surface area contributed by atoms with Crippen LogP contribution in [0.3, 0.4) is 0 Å². The molecule has 0 aliphatic carbocycles. The highest BCUT2D eigenvalue weighted by atomic mass is 16.8. The molecule has 1 aromatic heterocycles. The molecule has 4 aromatic rings. The summed E-state index contributed by atoms with van der Waals surface area (Å²) in [5.41, 5.74) is 5.06. The highest BCUT2D eigenvalue weighted by molar-refractivity contribution is 5.93. The van der Waals surface area contributed by atoms with Crippen molar-refractivity contribution in [3.63, 3.8) is 0 Å². The lowest BCUT2D eigenvalue weighted by atomic mass is 10.0. The molecule has 11 heteroatoms. The van der Waals surface area contributed by atoms with Gasteiger partial charge in [-0.1, -0.05) is 86.1 Å². The van der Waals surface area contributed by atoms with Crippen molar-refractivity contribution in [1.82, 2.24) is 20.3 Å². The summed E-state index contributed by atoms with van der Waals surface area (Å²) in [6.07, 6.45) is 3.09. The number of benzene rings is 3. The number of aryl methyl sites for hydroxylation is 1. The van der Waals surface area contributed by atoms with E-state index in [9.17, 15) is 24.3 Å². The number of carbonyl (C=O) groups excluding carboxylic acids is 3. The van der Waals surface area contributed by atoms with Gasteiger partial charge in [-0.25, -0.2) is 14.6 Å². The predicted molar refractivity (Wildman–Crippen MR) is 165 cm³/mol. The summed E-state index contributed by atoms with van der Waals surface area (Å²) < 4.78 is 6.84. The van der Waals surface area contributed by atoms with Gasteiger partial charge in [0, 0.05) is 19.0 Å². The van der Waals surface area contributed by atoms with Crippen LogP contribution in [-0.2, 0) is 40.4 Å². The number of amides is 2. The van der Waals surface area contributed by atoms with Crippen LogP contribution in [0.25, 0.3) is 0 Å². The number of hydrogen-bond acceptors (Lipinski definition) is 7. The fourth-order valence-corrected chi connectivity index (χ4v) is 4.68. The van der Waals surface area contributed by atoms with Crippen molar-refractivity contribution in [3.8, 4) is 0 Å². The van der Waals surface area contributed by atoms with E-state index in [0.29, 0.717) is 25.1 Å². The minimum Gasteiger partial charge on any atom is -0.478 e. The number of rotatable bonds is 14. The van der Waals surface area contributed by atoms with E-state index in [1.165, 1.54) is 18.3 Å². The van der Waals surface area contributed by atoms with Gasteiger partial charge < -0.3 is 24.6 Å². The Balaban J connectivity index is 1.45. The molecule has 0 saturated carbocycles. The Kier molecular flexibility index (Phi) is 11.8. The molecule has 0 saturated heterocycles. The van der Waals surface area contributed by atoms with Gasteiger partial charge in [-0.2, -0.15) is 5.48 Å². The van der Waals surface area contributed by atoms with Crippen LogP contribution in [0.5, 0.6) is 0 Å². The third kappa shape index (κ3) is 10.1. The average Bonchev–Trinajstić information content (AvgIpc) is 3.45. The number of unbranched alkanes of at least 4 members (excludes halogenated alkanes) is 1. The van der Waals surface area contributed by atoms with Gasteiger partial charge in [0.15, 0.2) is 0 Å². The highest BCUT2D eigenvalue weighted by Gasteiger charge is 2.23. The zero-order chi connectivity index (χ0) is 32.0. The molecule has 0 radical (unpaired) electrons. The molecule has 4 rings (SSSR count). The van der Waals surface area contributed by atoms with E-state index < -0.39 is 30.0 Å². The van der Waals surface area contributed by atoms with E-state index >= 15 is 0 Å². The van der Waals surface area contributed by atoms with Gasteiger partial charge >= 0.3 is 12.1 Å². The number of aromatic carboxylic acids is 1. The van der Waals surface area contributed by atoms with E-state index in [4.69, 9.17) is 9.57 Å². The summed E-state index contributed by atoms with van der Waals surface area (Å²) >= 11 is 0. The van der Waals surface area contributed by atoms with Crippen molar-refractivity contribution < 1.29 is 33.9 Å². The van der Waals surface area contributed by atoms with E-state index in [-0.39, 0.29) is 18.6 Å². The number of imidazole rings is 1. The van der Waals surface area contributed by atoms with Crippen LogP contribution in [0.4, 0.5) is 4.79 Å². The molecule has 11 nitrogen and oxygen atoms in total. The molecular formula is C34H36N4O7. The fourth-order valence-electron chi connectivity index (χ4n) is 4.68. The van der Waals surface area contributed by atoms with Crippen LogP contribution in [0.1, 0.15) is 69.5 Å². The molecule has 45 heavy (non-hydrogen) atoms. The molecule has 1 atom stereocenters. The summed E-state index contributed by atoms with van der Waals surface area (Å²) in [7, 11) is 0. The van der Waals surface area contributed by atoms with Gasteiger partial charge in [-0.05, 0) is 41.7 Å². The quantitative estimate of drug-likeness (QED) is 0.132. The third-order valence-electron chi connectivity index (χ3n) is 7.01. The lowest BCUT2D eigenvalue weighted by Gasteiger charge is -2.19. The monoisotopic (exact) mass is 612 g/mol. The zero-order valence-corrected chi connectivity index (χ0v) is 25.0. The first-order valence-electron chi connectivity index (χ1n) is 14.7. The van der Waals surface area contributed by atoms with Gasteiger partial charge in [0.25, 0.3) is 11.8 Å². The van der Waals surface area contributed by atoms with Crippen LogP contribution in [0.15, 0.2) is 91.1 Å². The summed E-state index contributed by atoms with van der Waals surface area (Å²) in [4.78, 5) is 59.1. The van der Waals surface area contributed by atoms with Gasteiger partial charge in [0.2, 0.25) is 0 Å². The highest BCUT2D eigenvalue weighted by Crippen LogP contribution is 2.15. The Labute approximate surface area is 261 Å². The molecule has 3 N–H and O–H groups in total. The SMILES string of the molecule is CCCCc1ncc(C(=O)N[C@H](CC(=O)NOC(=O)OCc2ccccc2)Cc2ccccc2)n1Cc1ccc(C(=O)O)cc1. The molecule has 3 aromatic carbocycles. The van der Waals surface area contributed by atoms with Crippen molar-refractivity contribution in [3.05, 3.63) is 125 Å². The number of hydrogen-bond donors (Lipinski definition) is 3. The topological polar surface area (TPSA) is 149 Å². The Morgan fingerprint density at radius 2 is 1.56 bits per heavy atom. The molecule has 0 unspecified atom stereocenters. The summed E-state index contributed by atoms with van der Waals surface area (Å²) in [6.45, 7) is 2.36. The first-order chi connectivity index (χ1) is 21.8. The number of carboxylic acid groups (broad SMARTS) is 1. The standard InChI is InChI=1S/C34H36N4O7/c1-2-3-14-30-35-21-29(38(30)22-25-15-17-27(18-16-25)33(41)42)32(40)36-28(19-24-10-6-4-7-11-24)20-31(39)37-45-34(43)44-23-26-12-8-5-9-13-26/h4-13,15-18,21,28H,2-3,14,19-20,22-23H2,1H3,(H,36,40)(H,37,39)(H,41,42)/t28-/m0/s1. The molecular weight excluding hydrogens is 576 g/mol. The van der Waals surface area contributed by atoms with Crippen molar-refractivity contribution >= 4 is 23.9 Å². The van der Waals surface area contributed by atoms with Crippen molar-refractivity contribution in [2.75, 3.05) is 0 Å². The van der Waals surface area contributed by atoms with Crippen molar-refractivity contribution in [2.45, 2.75) is 58.2 Å². The summed E-state index contributed by atoms with van der Waals surface area (Å²) in [5, 5.41) is 12.2. The molecule has 0 bridgehead atoms. The average molecular weight is 613 g/mol. The Hall–Kier alpha value is -5.45. The Morgan fingerprint density at radius 3 is 2.20 bits per heavy atom. The van der Waals surface area contributed by atoms with Gasteiger partial charge in [0.1, 0.15) is 18.1 Å². The van der Waals surface area contributed by atoms with Gasteiger partial charge in [-0.3, -0.25) is 9.59 Å². The van der Waals surface area contributed by atoms with Crippen LogP contribution >= 0.6 is 0 Å². The van der Waals surface area contributed by atoms with Crippen molar-refractivity contribution in [2.24, 2.45) is 0 Å². The molecule has 234 valence electrons. The smallest absolute Gasteiger partial charge is 0.478 e. The first-order valence-corrected chi connectivity index (χ1v) is 14.7. The maximum Gasteiger partial charge on any atom is 0.533 e. The van der Waals surface area contributed by atoms with Crippen LogP contribution in [-0.4, -0.2) is 44.6 Å². The number of hydroxylamine groups is 1. The number of nitrogens with one attached hydrogen (secondary N) is 2. The first kappa shape index (κ1) is 32.5. The normalized spacial score (nSPS) is 11.3. The number of ether oxygens (including phenoxy) is 1. The second-order valence-electron chi connectivity index (χ2n) is 10.5. The maximum absolute atomic E-state index is 13.7. The third-order valence-corrected chi connectivity index (χ3v) is 7.01. The minimum absolute atomic E-state index is 0.0140. The summed E-state index contributed by atoms with van der Waals surface area (Å²) in [5.74, 6) is -1.34. The lowest BCUT2D eigenvalue weighted by Crippen LogP contribution is -2.41. The van der Waals surface area contributed by atoms with Gasteiger partial charge in [0.05, 0.1) is 18.2 Å². The van der Waals surface area contributed by atoms with Crippen molar-refractivity contribution in [1.29, 1.82) is 0 Å². The lowest BCUT2D eigenvalue weighted by molar-refractivity contribution is -0.131. The Bertz CT molecular complexity index is 1570. The Morgan fingerprint density at radius 1 is 0.889 bits per heavy atom. The number of nitrogens with zero attached hydrogens (tertiary/aromatic N) is 2. The van der Waals surface area contributed by atoms with E-state index in [1.54, 1.807) is 24.3 Å². The number of carbonyl (C=O) groups is 4. The van der Waals surface area contributed by atoms with E-state index in [0.717, 1.165) is 35.4 Å². The van der Waals surface area contributed by atoms with Crippen LogP contribution < -0.4 is 10.8 Å². The second-order valence-corrected chi connectivity index (χ2v) is 10.5. The molecule has 2 amide bonds. The number of carboxylic acids is 1. The molecule has 0 aliphatic rings. The maximum atomic E-state index is 13.7. The fraction of sp³-hybridized carbons (Fsp3) is 0.265. The summed E-state index contributed by atoms with van der Waals surface area (Å²) in [6, 6.07) is 24.2. The van der Waals surface area contributed by atoms with Gasteiger partial charge in [-0.15, -0.1) is 0 Å². The predicted octanol–water partition coefficient (Wildman–Crippen LogP) is 5.09. The van der Waals surface area contributed by atoms with Crippen LogP contribution in [0.2, 0.25) is 0 Å². The van der Waals surface area contributed by atoms with Crippen LogP contribution in [0, 0.1) is 0 Å². The molecule has 0 fully saturated rings. The minimum atomic E-state index is -1.06. The van der Waals surface area contributed by atoms with E-state index in [1.807, 2.05) is 53.1 Å².